The number of alkyl halides is 5. The number of pyridine rings is 1. The van der Waals surface area contributed by atoms with Gasteiger partial charge in [-0.15, -0.1) is 0 Å². The second-order valence-electron chi connectivity index (χ2n) is 3.22. The number of aliphatic carboxylic acids is 1. The molecule has 0 saturated carbocycles. The molecule has 0 saturated heterocycles. The largest absolute Gasteiger partial charge is 0.481 e. The van der Waals surface area contributed by atoms with Crippen LogP contribution in [-0.4, -0.2) is 16.1 Å². The van der Waals surface area contributed by atoms with Crippen molar-refractivity contribution in [3.05, 3.63) is 28.8 Å². The fourth-order valence-electron chi connectivity index (χ4n) is 1.27. The van der Waals surface area contributed by atoms with E-state index < -0.39 is 47.8 Å². The fraction of sp³-hybridized carbons (Fsp3) is 0.333. The maximum atomic E-state index is 13.1. The summed E-state index contributed by atoms with van der Waals surface area (Å²) < 4.78 is 74.9. The Morgan fingerprint density at radius 1 is 1.39 bits per heavy atom. The third-order valence-electron chi connectivity index (χ3n) is 1.87. The van der Waals surface area contributed by atoms with Crippen LogP contribution in [-0.2, 0) is 17.4 Å². The molecule has 100 valence electrons. The zero-order valence-electron chi connectivity index (χ0n) is 8.43. The SMILES string of the molecule is O=C(O)Cc1cc(F)c(C(F)(F)F)c(C(F)F)n1. The second kappa shape index (κ2) is 4.83. The summed E-state index contributed by atoms with van der Waals surface area (Å²) in [5, 5.41) is 8.34. The zero-order chi connectivity index (χ0) is 14.1. The minimum Gasteiger partial charge on any atom is -0.481 e. The predicted molar refractivity (Wildman–Crippen MR) is 45.5 cm³/mol. The molecule has 1 aromatic heterocycles. The minimum atomic E-state index is -5.33. The van der Waals surface area contributed by atoms with Crippen LogP contribution in [0.25, 0.3) is 0 Å². The van der Waals surface area contributed by atoms with Crippen LogP contribution in [0.2, 0.25) is 0 Å². The van der Waals surface area contributed by atoms with Crippen molar-refractivity contribution in [1.82, 2.24) is 4.98 Å². The van der Waals surface area contributed by atoms with E-state index in [0.29, 0.717) is 0 Å². The van der Waals surface area contributed by atoms with Crippen molar-refractivity contribution >= 4 is 5.97 Å². The van der Waals surface area contributed by atoms with E-state index in [2.05, 4.69) is 4.98 Å². The lowest BCUT2D eigenvalue weighted by atomic mass is 10.1. The molecule has 0 fully saturated rings. The number of hydrogen-bond donors (Lipinski definition) is 1. The molecule has 0 atom stereocenters. The fourth-order valence-corrected chi connectivity index (χ4v) is 1.27. The molecule has 0 radical (unpaired) electrons. The number of carbonyl (C=O) groups is 1. The van der Waals surface area contributed by atoms with Gasteiger partial charge in [0.25, 0.3) is 6.43 Å². The molecule has 1 heterocycles. The van der Waals surface area contributed by atoms with Gasteiger partial charge in [0.15, 0.2) is 0 Å². The Labute approximate surface area is 96.1 Å². The molecular weight excluding hydrogens is 268 g/mol. The van der Waals surface area contributed by atoms with Crippen molar-refractivity contribution in [2.24, 2.45) is 0 Å². The maximum Gasteiger partial charge on any atom is 0.421 e. The highest BCUT2D eigenvalue weighted by molar-refractivity contribution is 5.69. The summed E-state index contributed by atoms with van der Waals surface area (Å²) in [7, 11) is 0. The summed E-state index contributed by atoms with van der Waals surface area (Å²) in [4.78, 5) is 13.1. The Hall–Kier alpha value is -1.80. The second-order valence-corrected chi connectivity index (χ2v) is 3.22. The first-order chi connectivity index (χ1) is 8.12. The van der Waals surface area contributed by atoms with Crippen LogP contribution in [0.1, 0.15) is 23.4 Å². The Bertz CT molecular complexity index is 471. The van der Waals surface area contributed by atoms with Gasteiger partial charge in [-0.25, -0.2) is 13.2 Å². The smallest absolute Gasteiger partial charge is 0.421 e. The molecule has 0 aliphatic rings. The lowest BCUT2D eigenvalue weighted by molar-refractivity contribution is -0.142. The molecule has 0 unspecified atom stereocenters. The number of carboxylic acid groups (broad SMARTS) is 1. The van der Waals surface area contributed by atoms with Crippen molar-refractivity contribution in [3.8, 4) is 0 Å². The first-order valence-electron chi connectivity index (χ1n) is 4.39. The van der Waals surface area contributed by atoms with E-state index >= 15 is 0 Å². The standard InChI is InChI=1S/C9H5F6NO2/c10-4-1-3(2-5(17)18)16-7(8(11)12)6(4)9(13,14)15/h1,8H,2H2,(H,17,18). The average molecular weight is 273 g/mol. The number of halogens is 6. The summed E-state index contributed by atoms with van der Waals surface area (Å²) in [6, 6.07) is 0.183. The minimum absolute atomic E-state index is 0.183. The Morgan fingerprint density at radius 3 is 2.33 bits per heavy atom. The van der Waals surface area contributed by atoms with E-state index in [1.165, 1.54) is 0 Å². The molecule has 1 aromatic rings. The van der Waals surface area contributed by atoms with Crippen LogP contribution in [0.3, 0.4) is 0 Å². The van der Waals surface area contributed by atoms with Crippen LogP contribution in [0.4, 0.5) is 26.3 Å². The van der Waals surface area contributed by atoms with Crippen LogP contribution in [0.5, 0.6) is 0 Å². The van der Waals surface area contributed by atoms with E-state index in [4.69, 9.17) is 5.11 Å². The maximum absolute atomic E-state index is 13.1. The first-order valence-corrected chi connectivity index (χ1v) is 4.39. The van der Waals surface area contributed by atoms with Gasteiger partial charge in [0, 0.05) is 0 Å². The normalized spacial score (nSPS) is 11.9. The number of rotatable bonds is 3. The van der Waals surface area contributed by atoms with E-state index in [1.807, 2.05) is 0 Å². The van der Waals surface area contributed by atoms with Crippen molar-refractivity contribution in [1.29, 1.82) is 0 Å². The van der Waals surface area contributed by atoms with Crippen LogP contribution in [0.15, 0.2) is 6.07 Å². The molecule has 9 heteroatoms. The zero-order valence-corrected chi connectivity index (χ0v) is 8.43. The van der Waals surface area contributed by atoms with E-state index in [1.54, 1.807) is 0 Å². The van der Waals surface area contributed by atoms with Gasteiger partial charge in [0.2, 0.25) is 0 Å². The van der Waals surface area contributed by atoms with Crippen molar-refractivity contribution in [2.45, 2.75) is 19.0 Å². The van der Waals surface area contributed by atoms with Gasteiger partial charge < -0.3 is 5.11 Å². The Balaban J connectivity index is 3.41. The predicted octanol–water partition coefficient (Wildman–Crippen LogP) is 2.80. The number of hydrogen-bond acceptors (Lipinski definition) is 2. The highest BCUT2D eigenvalue weighted by atomic mass is 19.4. The van der Waals surface area contributed by atoms with Crippen LogP contribution in [0, 0.1) is 5.82 Å². The van der Waals surface area contributed by atoms with Crippen molar-refractivity contribution in [2.75, 3.05) is 0 Å². The van der Waals surface area contributed by atoms with Crippen LogP contribution < -0.4 is 0 Å². The summed E-state index contributed by atoms with van der Waals surface area (Å²) in [5.74, 6) is -3.49. The van der Waals surface area contributed by atoms with Crippen molar-refractivity contribution < 1.29 is 36.2 Å². The number of carboxylic acids is 1. The summed E-state index contributed by atoms with van der Waals surface area (Å²) in [6.45, 7) is 0. The Morgan fingerprint density at radius 2 is 1.94 bits per heavy atom. The number of nitrogens with zero attached hydrogens (tertiary/aromatic N) is 1. The van der Waals surface area contributed by atoms with Crippen molar-refractivity contribution in [3.63, 3.8) is 0 Å². The topological polar surface area (TPSA) is 50.2 Å². The third-order valence-corrected chi connectivity index (χ3v) is 1.87. The molecule has 18 heavy (non-hydrogen) atoms. The third kappa shape index (κ3) is 3.11. The average Bonchev–Trinajstić information content (AvgIpc) is 2.12. The summed E-state index contributed by atoms with van der Waals surface area (Å²) in [6.07, 6.45) is -9.94. The van der Waals surface area contributed by atoms with Gasteiger partial charge >= 0.3 is 12.1 Å². The Kier molecular flexibility index (Phi) is 3.82. The monoisotopic (exact) mass is 273 g/mol. The van der Waals surface area contributed by atoms with Gasteiger partial charge in [0.1, 0.15) is 17.1 Å². The highest BCUT2D eigenvalue weighted by Gasteiger charge is 2.40. The first kappa shape index (κ1) is 14.3. The van der Waals surface area contributed by atoms with Gasteiger partial charge in [-0.2, -0.15) is 13.2 Å². The van der Waals surface area contributed by atoms with Gasteiger partial charge in [-0.3, -0.25) is 9.78 Å². The van der Waals surface area contributed by atoms with Gasteiger partial charge in [-0.1, -0.05) is 0 Å². The highest BCUT2D eigenvalue weighted by Crippen LogP contribution is 2.37. The molecule has 0 aliphatic heterocycles. The molecule has 0 amide bonds. The molecule has 0 aromatic carbocycles. The molecule has 1 N–H and O–H groups in total. The van der Waals surface area contributed by atoms with E-state index in [9.17, 15) is 31.1 Å². The van der Waals surface area contributed by atoms with Crippen LogP contribution >= 0.6 is 0 Å². The van der Waals surface area contributed by atoms with Gasteiger partial charge in [-0.05, 0) is 6.07 Å². The van der Waals surface area contributed by atoms with E-state index in [-0.39, 0.29) is 6.07 Å². The molecule has 0 bridgehead atoms. The molecule has 0 aliphatic carbocycles. The molecule has 0 spiro atoms. The number of aromatic nitrogens is 1. The summed E-state index contributed by atoms with van der Waals surface area (Å²) in [5.41, 5.74) is -4.69. The quantitative estimate of drug-likeness (QED) is 0.861. The molecule has 3 nitrogen and oxygen atoms in total. The lowest BCUT2D eigenvalue weighted by Crippen LogP contribution is -2.16. The van der Waals surface area contributed by atoms with Gasteiger partial charge in [0.05, 0.1) is 12.1 Å². The lowest BCUT2D eigenvalue weighted by Gasteiger charge is -2.13. The molecular formula is C9H5F6NO2. The van der Waals surface area contributed by atoms with E-state index in [0.717, 1.165) is 0 Å². The molecule has 1 rings (SSSR count). The summed E-state index contributed by atoms with van der Waals surface area (Å²) >= 11 is 0.